The predicted octanol–water partition coefficient (Wildman–Crippen LogP) is 2.59. The molecule has 2 aromatic rings. The molecule has 0 N–H and O–H groups in total. The number of carbonyl (C=O) groups is 1. The van der Waals surface area contributed by atoms with Crippen LogP contribution in [-0.2, 0) is 22.5 Å². The lowest BCUT2D eigenvalue weighted by Crippen LogP contribution is -2.35. The molecule has 0 bridgehead atoms. The van der Waals surface area contributed by atoms with E-state index in [9.17, 15) is 4.79 Å². The third-order valence-electron chi connectivity index (χ3n) is 3.54. The van der Waals surface area contributed by atoms with E-state index < -0.39 is 5.60 Å². The van der Waals surface area contributed by atoms with Crippen LogP contribution in [0.5, 0.6) is 0 Å². The molecule has 2 rings (SSSR count). The van der Waals surface area contributed by atoms with E-state index in [-0.39, 0.29) is 5.78 Å². The molecule has 1 heterocycles. The van der Waals surface area contributed by atoms with Crippen molar-refractivity contribution in [2.45, 2.75) is 39.3 Å². The Morgan fingerprint density at radius 3 is 2.68 bits per heavy atom. The molecule has 0 saturated heterocycles. The van der Waals surface area contributed by atoms with E-state index in [1.54, 1.807) is 21.0 Å². The summed E-state index contributed by atoms with van der Waals surface area (Å²) in [5, 5.41) is 5.58. The monoisotopic (exact) mass is 260 g/mol. The summed E-state index contributed by atoms with van der Waals surface area (Å²) in [5.74, 6) is 0.0431. The smallest absolute Gasteiger partial charge is 0.170 e. The molecule has 1 aromatic heterocycles. The van der Waals surface area contributed by atoms with Crippen LogP contribution in [0.15, 0.2) is 24.3 Å². The van der Waals surface area contributed by atoms with E-state index in [0.717, 1.165) is 23.1 Å². The first-order valence-electron chi connectivity index (χ1n) is 6.52. The number of hydrogen-bond acceptors (Lipinski definition) is 3. The number of ketones is 1. The zero-order valence-corrected chi connectivity index (χ0v) is 11.9. The van der Waals surface area contributed by atoms with Crippen LogP contribution in [0.4, 0.5) is 0 Å². The molecule has 0 spiro atoms. The minimum absolute atomic E-state index is 0.0431. The maximum Gasteiger partial charge on any atom is 0.170 e. The van der Waals surface area contributed by atoms with Gasteiger partial charge in [0.1, 0.15) is 5.60 Å². The summed E-state index contributed by atoms with van der Waals surface area (Å²) >= 11 is 0. The highest BCUT2D eigenvalue weighted by molar-refractivity contribution is 5.92. The second-order valence-corrected chi connectivity index (χ2v) is 5.09. The number of hydrogen-bond donors (Lipinski definition) is 0. The van der Waals surface area contributed by atoms with Crippen molar-refractivity contribution >= 4 is 16.7 Å². The molecule has 0 radical (unpaired) electrons. The Morgan fingerprint density at radius 2 is 2.05 bits per heavy atom. The number of ether oxygens (including phenoxy) is 1. The maximum absolute atomic E-state index is 12.2. The van der Waals surface area contributed by atoms with Gasteiger partial charge in [-0.3, -0.25) is 9.48 Å². The topological polar surface area (TPSA) is 44.1 Å². The quantitative estimate of drug-likeness (QED) is 0.830. The van der Waals surface area contributed by atoms with Crippen LogP contribution in [0.1, 0.15) is 26.5 Å². The molecular formula is C15H20N2O2. The van der Waals surface area contributed by atoms with Crippen LogP contribution < -0.4 is 0 Å². The van der Waals surface area contributed by atoms with Gasteiger partial charge in [-0.1, -0.05) is 18.2 Å². The van der Waals surface area contributed by atoms with Crippen molar-refractivity contribution in [3.05, 3.63) is 30.0 Å². The number of methoxy groups -OCH3 is 1. The molecule has 4 heteroatoms. The summed E-state index contributed by atoms with van der Waals surface area (Å²) in [6, 6.07) is 8.00. The summed E-state index contributed by atoms with van der Waals surface area (Å²) in [6.07, 6.45) is 0.300. The second kappa shape index (κ2) is 5.13. The highest BCUT2D eigenvalue weighted by Gasteiger charge is 2.28. The number of benzene rings is 1. The Hall–Kier alpha value is -1.68. The molecule has 19 heavy (non-hydrogen) atoms. The predicted molar refractivity (Wildman–Crippen MR) is 75.2 cm³/mol. The zero-order chi connectivity index (χ0) is 14.0. The highest BCUT2D eigenvalue weighted by Crippen LogP contribution is 2.21. The first kappa shape index (κ1) is 13.7. The Balaban J connectivity index is 2.39. The lowest BCUT2D eigenvalue weighted by molar-refractivity contribution is -0.136. The summed E-state index contributed by atoms with van der Waals surface area (Å²) in [7, 11) is 1.56. The van der Waals surface area contributed by atoms with Gasteiger partial charge in [0.25, 0.3) is 0 Å². The van der Waals surface area contributed by atoms with Crippen LogP contribution in [0.3, 0.4) is 0 Å². The number of Topliss-reactive ketones (excluding diaryl/α,β-unsaturated/α-hetero) is 1. The lowest BCUT2D eigenvalue weighted by atomic mass is 9.98. The molecule has 0 aliphatic heterocycles. The Morgan fingerprint density at radius 1 is 1.37 bits per heavy atom. The molecule has 1 aromatic carbocycles. The first-order valence-corrected chi connectivity index (χ1v) is 6.52. The normalized spacial score (nSPS) is 12.0. The third-order valence-corrected chi connectivity index (χ3v) is 3.54. The number of nitrogens with zero attached hydrogens (tertiary/aromatic N) is 2. The molecule has 0 aliphatic carbocycles. The van der Waals surface area contributed by atoms with Gasteiger partial charge in [-0.2, -0.15) is 5.10 Å². The van der Waals surface area contributed by atoms with Gasteiger partial charge in [0.05, 0.1) is 17.6 Å². The molecule has 0 saturated carbocycles. The van der Waals surface area contributed by atoms with Crippen LogP contribution in [-0.4, -0.2) is 28.3 Å². The zero-order valence-electron chi connectivity index (χ0n) is 11.9. The summed E-state index contributed by atoms with van der Waals surface area (Å²) in [6.45, 7) is 6.41. The largest absolute Gasteiger partial charge is 0.371 e. The molecular weight excluding hydrogens is 240 g/mol. The van der Waals surface area contributed by atoms with Gasteiger partial charge in [0.2, 0.25) is 0 Å². The standard InChI is InChI=1S/C15H20N2O2/c1-5-17-13-9-7-6-8-11(13)12(16-17)10-14(18)15(2,3)19-4/h6-9H,5,10H2,1-4H3. The van der Waals surface area contributed by atoms with E-state index in [4.69, 9.17) is 4.74 Å². The van der Waals surface area contributed by atoms with Crippen molar-refractivity contribution in [3.63, 3.8) is 0 Å². The highest BCUT2D eigenvalue weighted by atomic mass is 16.5. The number of fused-ring (bicyclic) bond motifs is 1. The Bertz CT molecular complexity index is 599. The minimum Gasteiger partial charge on any atom is -0.371 e. The van der Waals surface area contributed by atoms with E-state index >= 15 is 0 Å². The average Bonchev–Trinajstić information content (AvgIpc) is 2.77. The van der Waals surface area contributed by atoms with E-state index in [1.807, 2.05) is 35.9 Å². The van der Waals surface area contributed by atoms with Crippen molar-refractivity contribution in [3.8, 4) is 0 Å². The van der Waals surface area contributed by atoms with Gasteiger partial charge in [0, 0.05) is 19.0 Å². The van der Waals surface area contributed by atoms with Crippen LogP contribution in [0.25, 0.3) is 10.9 Å². The summed E-state index contributed by atoms with van der Waals surface area (Å²) < 4.78 is 7.16. The second-order valence-electron chi connectivity index (χ2n) is 5.09. The summed E-state index contributed by atoms with van der Waals surface area (Å²) in [4.78, 5) is 12.2. The van der Waals surface area contributed by atoms with Gasteiger partial charge in [-0.05, 0) is 26.8 Å². The van der Waals surface area contributed by atoms with Gasteiger partial charge in [-0.25, -0.2) is 0 Å². The molecule has 0 fully saturated rings. The fourth-order valence-corrected chi connectivity index (χ4v) is 2.05. The van der Waals surface area contributed by atoms with Crippen LogP contribution in [0.2, 0.25) is 0 Å². The number of rotatable bonds is 5. The number of para-hydroxylation sites is 1. The molecule has 102 valence electrons. The van der Waals surface area contributed by atoms with E-state index in [2.05, 4.69) is 5.10 Å². The van der Waals surface area contributed by atoms with Gasteiger partial charge in [-0.15, -0.1) is 0 Å². The minimum atomic E-state index is -0.767. The molecule has 0 atom stereocenters. The van der Waals surface area contributed by atoms with Crippen LogP contribution >= 0.6 is 0 Å². The van der Waals surface area contributed by atoms with Crippen molar-refractivity contribution in [2.24, 2.45) is 0 Å². The van der Waals surface area contributed by atoms with E-state index in [0.29, 0.717) is 6.42 Å². The fraction of sp³-hybridized carbons (Fsp3) is 0.467. The maximum atomic E-state index is 12.2. The first-order chi connectivity index (χ1) is 8.99. The van der Waals surface area contributed by atoms with Crippen molar-refractivity contribution in [1.29, 1.82) is 0 Å². The van der Waals surface area contributed by atoms with Crippen molar-refractivity contribution in [1.82, 2.24) is 9.78 Å². The SMILES string of the molecule is CCn1nc(CC(=O)C(C)(C)OC)c2ccccc21. The van der Waals surface area contributed by atoms with Crippen LogP contribution in [0, 0.1) is 0 Å². The molecule has 0 amide bonds. The van der Waals surface area contributed by atoms with Gasteiger partial charge < -0.3 is 4.74 Å². The van der Waals surface area contributed by atoms with Crippen molar-refractivity contribution < 1.29 is 9.53 Å². The third kappa shape index (κ3) is 2.54. The van der Waals surface area contributed by atoms with Gasteiger partial charge >= 0.3 is 0 Å². The number of aryl methyl sites for hydroxylation is 1. The Labute approximate surface area is 113 Å². The van der Waals surface area contributed by atoms with Gasteiger partial charge in [0.15, 0.2) is 5.78 Å². The molecule has 0 aliphatic rings. The number of aromatic nitrogens is 2. The lowest BCUT2D eigenvalue weighted by Gasteiger charge is -2.20. The molecule has 0 unspecified atom stereocenters. The average molecular weight is 260 g/mol. The molecule has 4 nitrogen and oxygen atoms in total. The summed E-state index contributed by atoms with van der Waals surface area (Å²) in [5.41, 5.74) is 1.13. The van der Waals surface area contributed by atoms with Crippen molar-refractivity contribution in [2.75, 3.05) is 7.11 Å². The fourth-order valence-electron chi connectivity index (χ4n) is 2.05. The number of carbonyl (C=O) groups excluding carboxylic acids is 1. The Kier molecular flexibility index (Phi) is 3.71. The van der Waals surface area contributed by atoms with E-state index in [1.165, 1.54) is 0 Å².